The van der Waals surface area contributed by atoms with Crippen LogP contribution in [0.4, 0.5) is 5.82 Å². The van der Waals surface area contributed by atoms with Gasteiger partial charge < -0.3 is 9.80 Å². The Morgan fingerprint density at radius 1 is 1.03 bits per heavy atom. The summed E-state index contributed by atoms with van der Waals surface area (Å²) in [7, 11) is 1.79. The van der Waals surface area contributed by atoms with Crippen molar-refractivity contribution in [1.29, 1.82) is 0 Å². The van der Waals surface area contributed by atoms with E-state index in [1.54, 1.807) is 11.6 Å². The second-order valence-electron chi connectivity index (χ2n) is 10.4. The highest BCUT2D eigenvalue weighted by atomic mass is 16.2. The normalized spacial score (nSPS) is 20.9. The number of nitrogens with zero attached hydrogens (tertiary/aromatic N) is 5. The fourth-order valence-corrected chi connectivity index (χ4v) is 5.15. The van der Waals surface area contributed by atoms with E-state index < -0.39 is 0 Å². The maximum Gasteiger partial charge on any atom is 0.330 e. The number of piperazine rings is 1. The molecule has 168 valence electrons. The Morgan fingerprint density at radius 3 is 2.41 bits per heavy atom. The molecule has 1 aromatic carbocycles. The zero-order valence-electron chi connectivity index (χ0n) is 19.3. The Labute approximate surface area is 188 Å². The van der Waals surface area contributed by atoms with E-state index in [0.29, 0.717) is 13.1 Å². The molecule has 0 N–H and O–H groups in total. The predicted molar refractivity (Wildman–Crippen MR) is 126 cm³/mol. The smallest absolute Gasteiger partial charge is 0.330 e. The van der Waals surface area contributed by atoms with Crippen molar-refractivity contribution in [1.82, 2.24) is 19.0 Å². The van der Waals surface area contributed by atoms with E-state index in [1.807, 2.05) is 51.9 Å². The SMILES string of the molecule is Cn1c(=O)n(CC(C)(C)C)c2ccc(N3CC4CCC3CN4C(=O)c3ccccc3)nc21. The van der Waals surface area contributed by atoms with Crippen molar-refractivity contribution in [2.24, 2.45) is 12.5 Å². The molecule has 3 aromatic rings. The number of carbonyl (C=O) groups is 1. The van der Waals surface area contributed by atoms with Gasteiger partial charge in [0.05, 0.1) is 5.52 Å². The standard InChI is InChI=1S/C25H31N5O2/c1-25(2,3)16-30-20-12-13-21(26-22(20)27(4)24(30)32)28-14-19-11-10-18(28)15-29(19)23(31)17-8-6-5-7-9-17/h5-9,12-13,18-19H,10-11,14-16H2,1-4H3. The maximum atomic E-state index is 13.1. The van der Waals surface area contributed by atoms with Gasteiger partial charge in [-0.1, -0.05) is 39.0 Å². The van der Waals surface area contributed by atoms with Gasteiger partial charge in [0.2, 0.25) is 0 Å². The summed E-state index contributed by atoms with van der Waals surface area (Å²) >= 11 is 0. The molecule has 2 bridgehead atoms. The first kappa shape index (κ1) is 20.8. The molecule has 3 fully saturated rings. The van der Waals surface area contributed by atoms with Crippen molar-refractivity contribution >= 4 is 22.9 Å². The van der Waals surface area contributed by atoms with E-state index in [0.717, 1.165) is 41.9 Å². The molecule has 0 spiro atoms. The molecule has 0 aliphatic carbocycles. The number of aryl methyl sites for hydroxylation is 1. The average molecular weight is 434 g/mol. The number of imidazole rings is 1. The van der Waals surface area contributed by atoms with Gasteiger partial charge in [-0.05, 0) is 42.5 Å². The van der Waals surface area contributed by atoms with Crippen molar-refractivity contribution < 1.29 is 4.79 Å². The van der Waals surface area contributed by atoms with Crippen molar-refractivity contribution in [2.45, 2.75) is 52.2 Å². The Hall–Kier alpha value is -3.09. The fraction of sp³-hybridized carbons (Fsp3) is 0.480. The van der Waals surface area contributed by atoms with Crippen LogP contribution in [-0.4, -0.2) is 50.1 Å². The predicted octanol–water partition coefficient (Wildman–Crippen LogP) is 3.27. The molecule has 2 atom stereocenters. The van der Waals surface area contributed by atoms with Crippen molar-refractivity contribution in [2.75, 3.05) is 18.0 Å². The molecule has 5 heterocycles. The number of piperidine rings is 2. The maximum absolute atomic E-state index is 13.1. The number of carbonyl (C=O) groups excluding carboxylic acids is 1. The molecule has 0 saturated carbocycles. The number of rotatable bonds is 3. The third kappa shape index (κ3) is 3.49. The van der Waals surface area contributed by atoms with Gasteiger partial charge in [-0.3, -0.25) is 13.9 Å². The summed E-state index contributed by atoms with van der Waals surface area (Å²) in [5.74, 6) is 1.01. The third-order valence-electron chi connectivity index (χ3n) is 6.70. The summed E-state index contributed by atoms with van der Waals surface area (Å²) in [6.07, 6.45) is 2.06. The zero-order valence-corrected chi connectivity index (χ0v) is 19.3. The highest BCUT2D eigenvalue weighted by molar-refractivity contribution is 5.94. The van der Waals surface area contributed by atoms with Crippen molar-refractivity contribution in [3.8, 4) is 0 Å². The molecule has 1 amide bonds. The first-order valence-electron chi connectivity index (χ1n) is 11.4. The number of anilines is 1. The number of hydrogen-bond donors (Lipinski definition) is 0. The summed E-state index contributed by atoms with van der Waals surface area (Å²) in [6, 6.07) is 14.0. The molecular weight excluding hydrogens is 402 g/mol. The van der Waals surface area contributed by atoms with Crippen molar-refractivity contribution in [3.05, 3.63) is 58.5 Å². The van der Waals surface area contributed by atoms with Crippen LogP contribution in [0.1, 0.15) is 44.0 Å². The van der Waals surface area contributed by atoms with E-state index in [9.17, 15) is 9.59 Å². The lowest BCUT2D eigenvalue weighted by Gasteiger charge is -2.52. The van der Waals surface area contributed by atoms with Gasteiger partial charge in [0.15, 0.2) is 5.65 Å². The lowest BCUT2D eigenvalue weighted by atomic mass is 9.90. The first-order chi connectivity index (χ1) is 15.2. The van der Waals surface area contributed by atoms with Crippen LogP contribution in [-0.2, 0) is 13.6 Å². The van der Waals surface area contributed by atoms with Crippen LogP contribution in [0.2, 0.25) is 0 Å². The molecule has 2 aromatic heterocycles. The van der Waals surface area contributed by atoms with Gasteiger partial charge in [-0.15, -0.1) is 0 Å². The Morgan fingerprint density at radius 2 is 1.75 bits per heavy atom. The van der Waals surface area contributed by atoms with Crippen LogP contribution >= 0.6 is 0 Å². The molecule has 7 heteroatoms. The molecular formula is C25H31N5O2. The summed E-state index contributed by atoms with van der Waals surface area (Å²) in [6.45, 7) is 8.53. The molecule has 3 saturated heterocycles. The average Bonchev–Trinajstić information content (AvgIpc) is 3.02. The van der Waals surface area contributed by atoms with Crippen LogP contribution in [0.5, 0.6) is 0 Å². The van der Waals surface area contributed by atoms with E-state index >= 15 is 0 Å². The Balaban J connectivity index is 1.43. The Kier molecular flexibility index (Phi) is 4.87. The van der Waals surface area contributed by atoms with Gasteiger partial charge in [0.1, 0.15) is 5.82 Å². The highest BCUT2D eigenvalue weighted by Crippen LogP contribution is 2.33. The summed E-state index contributed by atoms with van der Waals surface area (Å²) in [5.41, 5.74) is 2.31. The number of fused-ring (bicyclic) bond motifs is 4. The molecule has 0 radical (unpaired) electrons. The van der Waals surface area contributed by atoms with E-state index in [2.05, 4.69) is 25.7 Å². The minimum atomic E-state index is -0.0284. The second-order valence-corrected chi connectivity index (χ2v) is 10.4. The Bertz CT molecular complexity index is 1220. The molecule has 3 aliphatic rings. The second kappa shape index (κ2) is 7.50. The van der Waals surface area contributed by atoms with Gasteiger partial charge in [0, 0.05) is 44.3 Å². The molecule has 2 unspecified atom stereocenters. The van der Waals surface area contributed by atoms with Gasteiger partial charge in [0.25, 0.3) is 5.91 Å². The number of pyridine rings is 1. The summed E-state index contributed by atoms with van der Waals surface area (Å²) in [5, 5.41) is 0. The topological polar surface area (TPSA) is 63.4 Å². The van der Waals surface area contributed by atoms with Crippen LogP contribution in [0.3, 0.4) is 0 Å². The summed E-state index contributed by atoms with van der Waals surface area (Å²) in [4.78, 5) is 35.2. The summed E-state index contributed by atoms with van der Waals surface area (Å²) < 4.78 is 3.48. The van der Waals surface area contributed by atoms with Crippen LogP contribution < -0.4 is 10.6 Å². The lowest BCUT2D eigenvalue weighted by molar-refractivity contribution is 0.0504. The monoisotopic (exact) mass is 433 g/mol. The fourth-order valence-electron chi connectivity index (χ4n) is 5.15. The zero-order chi connectivity index (χ0) is 22.6. The number of aromatic nitrogens is 3. The molecule has 3 aliphatic heterocycles. The quantitative estimate of drug-likeness (QED) is 0.636. The minimum absolute atomic E-state index is 0.00243. The number of benzene rings is 1. The lowest BCUT2D eigenvalue weighted by Crippen LogP contribution is -2.64. The van der Waals surface area contributed by atoms with Gasteiger partial charge >= 0.3 is 5.69 Å². The molecule has 6 rings (SSSR count). The van der Waals surface area contributed by atoms with E-state index in [-0.39, 0.29) is 29.1 Å². The minimum Gasteiger partial charge on any atom is -0.350 e. The molecule has 7 nitrogen and oxygen atoms in total. The van der Waals surface area contributed by atoms with Crippen LogP contribution in [0.25, 0.3) is 11.2 Å². The van der Waals surface area contributed by atoms with Gasteiger partial charge in [-0.2, -0.15) is 0 Å². The van der Waals surface area contributed by atoms with Crippen LogP contribution in [0, 0.1) is 5.41 Å². The molecule has 32 heavy (non-hydrogen) atoms. The van der Waals surface area contributed by atoms with E-state index in [1.165, 1.54) is 0 Å². The largest absolute Gasteiger partial charge is 0.350 e. The van der Waals surface area contributed by atoms with Crippen LogP contribution in [0.15, 0.2) is 47.3 Å². The number of hydrogen-bond acceptors (Lipinski definition) is 4. The third-order valence-corrected chi connectivity index (χ3v) is 6.70. The van der Waals surface area contributed by atoms with Gasteiger partial charge in [-0.25, -0.2) is 9.78 Å². The van der Waals surface area contributed by atoms with E-state index in [4.69, 9.17) is 4.98 Å². The number of amides is 1. The van der Waals surface area contributed by atoms with Crippen molar-refractivity contribution in [3.63, 3.8) is 0 Å². The first-order valence-corrected chi connectivity index (χ1v) is 11.4. The highest BCUT2D eigenvalue weighted by Gasteiger charge is 2.41.